The molecule has 0 bridgehead atoms. The second-order valence-corrected chi connectivity index (χ2v) is 7.57. The Bertz CT molecular complexity index is 925. The van der Waals surface area contributed by atoms with Gasteiger partial charge in [-0.05, 0) is 29.6 Å². The van der Waals surface area contributed by atoms with Crippen LogP contribution in [0.5, 0.6) is 0 Å². The lowest BCUT2D eigenvalue weighted by Gasteiger charge is -2.25. The van der Waals surface area contributed by atoms with Gasteiger partial charge >= 0.3 is 0 Å². The van der Waals surface area contributed by atoms with Gasteiger partial charge in [0.05, 0.1) is 29.5 Å². The summed E-state index contributed by atoms with van der Waals surface area (Å²) in [6.45, 7) is 1.55. The van der Waals surface area contributed by atoms with E-state index >= 15 is 0 Å². The van der Waals surface area contributed by atoms with Gasteiger partial charge in [-0.1, -0.05) is 17.7 Å². The fourth-order valence-corrected chi connectivity index (χ4v) is 3.99. The molecular formula is C20H20ClFN2O4S. The average Bonchev–Trinajstić information content (AvgIpc) is 3.31. The lowest BCUT2D eigenvalue weighted by Crippen LogP contribution is -2.37. The maximum atomic E-state index is 13.6. The van der Waals surface area contributed by atoms with Crippen LogP contribution in [0, 0.1) is 5.82 Å². The lowest BCUT2D eigenvalue weighted by molar-refractivity contribution is -0.120. The van der Waals surface area contributed by atoms with Gasteiger partial charge in [0.15, 0.2) is 0 Å². The third-order valence-electron chi connectivity index (χ3n) is 4.44. The van der Waals surface area contributed by atoms with Gasteiger partial charge in [0, 0.05) is 32.2 Å². The largest absolute Gasteiger partial charge is 0.383 e. The monoisotopic (exact) mass is 438 g/mol. The van der Waals surface area contributed by atoms with Crippen molar-refractivity contribution in [3.63, 3.8) is 0 Å². The molecule has 2 amide bonds. The fourth-order valence-electron chi connectivity index (χ4n) is 3.05. The summed E-state index contributed by atoms with van der Waals surface area (Å²) in [7, 11) is 3.13. The summed E-state index contributed by atoms with van der Waals surface area (Å²) in [6.07, 6.45) is 0. The number of ether oxygens (including phenoxy) is 2. The van der Waals surface area contributed by atoms with Crippen molar-refractivity contribution < 1.29 is 23.5 Å². The maximum absolute atomic E-state index is 13.6. The number of thiophene rings is 1. The Morgan fingerprint density at radius 1 is 1.10 bits per heavy atom. The minimum Gasteiger partial charge on any atom is -0.383 e. The zero-order valence-electron chi connectivity index (χ0n) is 16.0. The number of carbonyl (C=O) groups is 2. The van der Waals surface area contributed by atoms with Crippen LogP contribution in [0.1, 0.15) is 4.88 Å². The summed E-state index contributed by atoms with van der Waals surface area (Å²) in [5.41, 5.74) is 0.790. The molecule has 0 saturated carbocycles. The number of benzene rings is 1. The molecule has 0 radical (unpaired) electrons. The number of methoxy groups -OCH3 is 2. The highest BCUT2D eigenvalue weighted by atomic mass is 35.5. The molecule has 2 heterocycles. The van der Waals surface area contributed by atoms with Crippen LogP contribution in [0.4, 0.5) is 10.1 Å². The van der Waals surface area contributed by atoms with Crippen LogP contribution in [0.3, 0.4) is 0 Å². The first-order valence-corrected chi connectivity index (χ1v) is 10.1. The van der Waals surface area contributed by atoms with Crippen LogP contribution in [0.25, 0.3) is 5.57 Å². The molecule has 154 valence electrons. The van der Waals surface area contributed by atoms with Crippen molar-refractivity contribution >= 4 is 46.0 Å². The maximum Gasteiger partial charge on any atom is 0.282 e. The number of imide groups is 1. The van der Waals surface area contributed by atoms with Gasteiger partial charge in [-0.3, -0.25) is 9.59 Å². The smallest absolute Gasteiger partial charge is 0.282 e. The predicted octanol–water partition coefficient (Wildman–Crippen LogP) is 3.42. The number of carbonyl (C=O) groups excluding carboxylic acids is 2. The van der Waals surface area contributed by atoms with Gasteiger partial charge in [0.1, 0.15) is 11.5 Å². The highest BCUT2D eigenvalue weighted by molar-refractivity contribution is 7.11. The predicted molar refractivity (Wildman–Crippen MR) is 110 cm³/mol. The molecule has 1 aliphatic heterocycles. The molecule has 1 aliphatic rings. The van der Waals surface area contributed by atoms with Gasteiger partial charge in [0.2, 0.25) is 0 Å². The molecule has 9 heteroatoms. The summed E-state index contributed by atoms with van der Waals surface area (Å²) in [5.74, 6) is -1.59. The first-order valence-electron chi connectivity index (χ1n) is 8.84. The van der Waals surface area contributed by atoms with E-state index in [-0.39, 0.29) is 16.4 Å². The quantitative estimate of drug-likeness (QED) is 0.561. The van der Waals surface area contributed by atoms with E-state index in [0.717, 1.165) is 11.0 Å². The number of halogens is 2. The van der Waals surface area contributed by atoms with Crippen LogP contribution in [-0.2, 0) is 19.1 Å². The normalized spacial score (nSPS) is 14.3. The second kappa shape index (κ2) is 9.49. The number of amides is 2. The standard InChI is InChI=1S/C20H20ClFN2O4S/c1-27-9-7-23(8-10-28-2)18-17(16-4-3-11-29-16)19(25)24(20(18)26)13-5-6-15(22)14(21)12-13/h3-6,11-12H,7-10H2,1-2H3. The molecule has 2 aromatic rings. The van der Waals surface area contributed by atoms with E-state index in [0.29, 0.717) is 36.8 Å². The molecule has 0 aliphatic carbocycles. The molecular weight excluding hydrogens is 419 g/mol. The summed E-state index contributed by atoms with van der Waals surface area (Å²) in [6, 6.07) is 7.37. The topological polar surface area (TPSA) is 59.1 Å². The van der Waals surface area contributed by atoms with Gasteiger partial charge in [-0.2, -0.15) is 0 Å². The van der Waals surface area contributed by atoms with Crippen molar-refractivity contribution in [3.8, 4) is 0 Å². The Morgan fingerprint density at radius 2 is 1.79 bits per heavy atom. The molecule has 6 nitrogen and oxygen atoms in total. The molecule has 29 heavy (non-hydrogen) atoms. The molecule has 1 aromatic carbocycles. The molecule has 0 fully saturated rings. The number of nitrogens with zero attached hydrogens (tertiary/aromatic N) is 2. The number of anilines is 1. The fraction of sp³-hybridized carbons (Fsp3) is 0.300. The minimum absolute atomic E-state index is 0.162. The lowest BCUT2D eigenvalue weighted by atomic mass is 10.1. The Balaban J connectivity index is 2.08. The first-order chi connectivity index (χ1) is 14.0. The summed E-state index contributed by atoms with van der Waals surface area (Å²) in [4.78, 5) is 30.2. The molecule has 3 rings (SSSR count). The van der Waals surface area contributed by atoms with E-state index in [1.54, 1.807) is 25.2 Å². The van der Waals surface area contributed by atoms with Gasteiger partial charge < -0.3 is 14.4 Å². The van der Waals surface area contributed by atoms with Crippen molar-refractivity contribution in [2.75, 3.05) is 45.4 Å². The van der Waals surface area contributed by atoms with Gasteiger partial charge in [-0.15, -0.1) is 11.3 Å². The number of rotatable bonds is 9. The van der Waals surface area contributed by atoms with Crippen molar-refractivity contribution in [3.05, 3.63) is 57.1 Å². The second-order valence-electron chi connectivity index (χ2n) is 6.22. The molecule has 0 N–H and O–H groups in total. The molecule has 0 atom stereocenters. The zero-order chi connectivity index (χ0) is 21.0. The van der Waals surface area contributed by atoms with E-state index in [1.165, 1.54) is 23.5 Å². The van der Waals surface area contributed by atoms with E-state index in [2.05, 4.69) is 0 Å². The van der Waals surface area contributed by atoms with Crippen molar-refractivity contribution in [2.24, 2.45) is 0 Å². The molecule has 0 saturated heterocycles. The van der Waals surface area contributed by atoms with Crippen molar-refractivity contribution in [1.29, 1.82) is 0 Å². The third kappa shape index (κ3) is 4.35. The number of hydrogen-bond acceptors (Lipinski definition) is 6. The molecule has 1 aromatic heterocycles. The van der Waals surface area contributed by atoms with E-state index < -0.39 is 17.6 Å². The average molecular weight is 439 g/mol. The first kappa shape index (κ1) is 21.4. The zero-order valence-corrected chi connectivity index (χ0v) is 17.6. The van der Waals surface area contributed by atoms with Crippen LogP contribution < -0.4 is 4.90 Å². The van der Waals surface area contributed by atoms with Gasteiger partial charge in [-0.25, -0.2) is 9.29 Å². The van der Waals surface area contributed by atoms with E-state index in [9.17, 15) is 14.0 Å². The highest BCUT2D eigenvalue weighted by Gasteiger charge is 2.42. The third-order valence-corrected chi connectivity index (χ3v) is 5.61. The molecule has 0 spiro atoms. The Kier molecular flexibility index (Phi) is 7.02. The Morgan fingerprint density at radius 3 is 2.34 bits per heavy atom. The number of hydrogen-bond donors (Lipinski definition) is 0. The van der Waals surface area contributed by atoms with Crippen LogP contribution in [0.2, 0.25) is 5.02 Å². The van der Waals surface area contributed by atoms with E-state index in [1.807, 2.05) is 11.4 Å². The SMILES string of the molecule is COCCN(CCOC)C1=C(c2cccs2)C(=O)N(c2ccc(F)c(Cl)c2)C1=O. The highest BCUT2D eigenvalue weighted by Crippen LogP contribution is 2.37. The van der Waals surface area contributed by atoms with Crippen molar-refractivity contribution in [1.82, 2.24) is 4.90 Å². The van der Waals surface area contributed by atoms with Crippen LogP contribution in [-0.4, -0.2) is 57.2 Å². The Hall–Kier alpha value is -2.26. The van der Waals surface area contributed by atoms with Crippen LogP contribution in [0.15, 0.2) is 41.4 Å². The van der Waals surface area contributed by atoms with Crippen molar-refractivity contribution in [2.45, 2.75) is 0 Å². The molecule has 0 unspecified atom stereocenters. The summed E-state index contributed by atoms with van der Waals surface area (Å²) in [5, 5.41) is 1.67. The summed E-state index contributed by atoms with van der Waals surface area (Å²) >= 11 is 7.25. The van der Waals surface area contributed by atoms with Crippen LogP contribution >= 0.6 is 22.9 Å². The summed E-state index contributed by atoms with van der Waals surface area (Å²) < 4.78 is 23.9. The minimum atomic E-state index is -0.622. The van der Waals surface area contributed by atoms with E-state index in [4.69, 9.17) is 21.1 Å². The Labute approximate surface area is 177 Å². The van der Waals surface area contributed by atoms with Gasteiger partial charge in [0.25, 0.3) is 11.8 Å².